The van der Waals surface area contributed by atoms with Gasteiger partial charge in [-0.2, -0.15) is 10.2 Å². The zero-order chi connectivity index (χ0) is 18.4. The first-order valence-electron chi connectivity index (χ1n) is 9.26. The SMILES string of the molecule is C#CCCC1(CCC(=O)Nc2ccc(CN3CCN(C)CC3)cc2)N=N1. The lowest BCUT2D eigenvalue weighted by atomic mass is 10.0. The van der Waals surface area contributed by atoms with Crippen molar-refractivity contribution in [3.05, 3.63) is 29.8 Å². The van der Waals surface area contributed by atoms with Crippen LogP contribution in [0.25, 0.3) is 0 Å². The van der Waals surface area contributed by atoms with Gasteiger partial charge in [0, 0.05) is 64.1 Å². The van der Waals surface area contributed by atoms with E-state index in [1.807, 2.05) is 12.1 Å². The molecule has 138 valence electrons. The average Bonchev–Trinajstić information content (AvgIpc) is 3.42. The van der Waals surface area contributed by atoms with E-state index in [4.69, 9.17) is 6.42 Å². The fourth-order valence-electron chi connectivity index (χ4n) is 3.16. The van der Waals surface area contributed by atoms with Crippen molar-refractivity contribution in [3.8, 4) is 12.3 Å². The van der Waals surface area contributed by atoms with Crippen LogP contribution in [0, 0.1) is 12.3 Å². The molecule has 2 aliphatic rings. The first-order chi connectivity index (χ1) is 12.6. The zero-order valence-electron chi connectivity index (χ0n) is 15.4. The number of carbonyl (C=O) groups is 1. The monoisotopic (exact) mass is 353 g/mol. The van der Waals surface area contributed by atoms with E-state index >= 15 is 0 Å². The number of hydrogen-bond donors (Lipinski definition) is 1. The number of terminal acetylenes is 1. The summed E-state index contributed by atoms with van der Waals surface area (Å²) in [5, 5.41) is 11.1. The van der Waals surface area contributed by atoms with Crippen LogP contribution in [0.15, 0.2) is 34.5 Å². The van der Waals surface area contributed by atoms with Crippen molar-refractivity contribution in [1.82, 2.24) is 9.80 Å². The number of anilines is 1. The molecule has 1 saturated heterocycles. The van der Waals surface area contributed by atoms with Gasteiger partial charge in [0.05, 0.1) is 0 Å². The minimum absolute atomic E-state index is 0.00537. The van der Waals surface area contributed by atoms with Gasteiger partial charge in [-0.25, -0.2) is 0 Å². The van der Waals surface area contributed by atoms with Crippen molar-refractivity contribution in [1.29, 1.82) is 0 Å². The number of nitrogens with one attached hydrogen (secondary N) is 1. The highest BCUT2D eigenvalue weighted by Gasteiger charge is 2.39. The van der Waals surface area contributed by atoms with Gasteiger partial charge in [0.15, 0.2) is 5.66 Å². The molecule has 0 unspecified atom stereocenters. The van der Waals surface area contributed by atoms with E-state index in [0.29, 0.717) is 19.3 Å². The second-order valence-electron chi connectivity index (χ2n) is 7.21. The molecule has 0 aromatic heterocycles. The maximum absolute atomic E-state index is 12.1. The van der Waals surface area contributed by atoms with E-state index in [1.54, 1.807) is 0 Å². The quantitative estimate of drug-likeness (QED) is 0.731. The molecule has 3 rings (SSSR count). The van der Waals surface area contributed by atoms with E-state index in [9.17, 15) is 4.79 Å². The first-order valence-corrected chi connectivity index (χ1v) is 9.26. The van der Waals surface area contributed by atoms with Crippen molar-refractivity contribution in [2.75, 3.05) is 38.5 Å². The van der Waals surface area contributed by atoms with Crippen LogP contribution in [-0.2, 0) is 11.3 Å². The van der Waals surface area contributed by atoms with Crippen molar-refractivity contribution in [3.63, 3.8) is 0 Å². The van der Waals surface area contributed by atoms with Crippen LogP contribution in [0.4, 0.5) is 5.69 Å². The number of hydrogen-bond acceptors (Lipinski definition) is 5. The lowest BCUT2D eigenvalue weighted by molar-refractivity contribution is -0.116. The van der Waals surface area contributed by atoms with Gasteiger partial charge in [0.1, 0.15) is 0 Å². The maximum atomic E-state index is 12.1. The minimum Gasteiger partial charge on any atom is -0.326 e. The predicted molar refractivity (Wildman–Crippen MR) is 103 cm³/mol. The van der Waals surface area contributed by atoms with Crippen LogP contribution < -0.4 is 5.32 Å². The fourth-order valence-corrected chi connectivity index (χ4v) is 3.16. The van der Waals surface area contributed by atoms with Gasteiger partial charge in [0.2, 0.25) is 5.91 Å². The van der Waals surface area contributed by atoms with Crippen LogP contribution in [-0.4, -0.2) is 54.6 Å². The molecule has 26 heavy (non-hydrogen) atoms. The second-order valence-corrected chi connectivity index (χ2v) is 7.21. The molecule has 1 N–H and O–H groups in total. The number of carbonyl (C=O) groups excluding carboxylic acids is 1. The Morgan fingerprint density at radius 2 is 1.88 bits per heavy atom. The van der Waals surface area contributed by atoms with Crippen molar-refractivity contribution in [2.45, 2.75) is 37.9 Å². The van der Waals surface area contributed by atoms with E-state index in [0.717, 1.165) is 44.8 Å². The van der Waals surface area contributed by atoms with E-state index in [2.05, 4.69) is 50.4 Å². The molecule has 6 nitrogen and oxygen atoms in total. The maximum Gasteiger partial charge on any atom is 0.224 e. The standard InChI is InChI=1S/C20H27N5O/c1-3-4-10-20(22-23-20)11-9-19(26)21-18-7-5-17(6-8-18)16-25-14-12-24(2)13-15-25/h1,5-8H,4,9-16H2,2H3,(H,21,26). The van der Waals surface area contributed by atoms with Gasteiger partial charge in [-0.1, -0.05) is 12.1 Å². The Bertz CT molecular complexity index is 677. The summed E-state index contributed by atoms with van der Waals surface area (Å²) < 4.78 is 0. The van der Waals surface area contributed by atoms with E-state index in [1.165, 1.54) is 5.56 Å². The molecule has 0 saturated carbocycles. The molecule has 1 amide bonds. The summed E-state index contributed by atoms with van der Waals surface area (Å²) in [6.45, 7) is 5.41. The molecule has 0 aliphatic carbocycles. The highest BCUT2D eigenvalue weighted by Crippen LogP contribution is 2.37. The summed E-state index contributed by atoms with van der Waals surface area (Å²) in [4.78, 5) is 17.0. The largest absolute Gasteiger partial charge is 0.326 e. The number of likely N-dealkylation sites (N-methyl/N-ethyl adjacent to an activating group) is 1. The lowest BCUT2D eigenvalue weighted by Crippen LogP contribution is -2.43. The summed E-state index contributed by atoms with van der Waals surface area (Å²) in [6.07, 6.45) is 7.69. The van der Waals surface area contributed by atoms with Crippen LogP contribution in [0.1, 0.15) is 31.2 Å². The highest BCUT2D eigenvalue weighted by molar-refractivity contribution is 5.90. The van der Waals surface area contributed by atoms with Gasteiger partial charge in [-0.15, -0.1) is 12.3 Å². The number of piperazine rings is 1. The molecular weight excluding hydrogens is 326 g/mol. The van der Waals surface area contributed by atoms with Crippen LogP contribution in [0.3, 0.4) is 0 Å². The molecule has 1 fully saturated rings. The zero-order valence-corrected chi connectivity index (χ0v) is 15.4. The molecule has 0 radical (unpaired) electrons. The smallest absolute Gasteiger partial charge is 0.224 e. The molecule has 2 heterocycles. The number of nitrogens with zero attached hydrogens (tertiary/aromatic N) is 4. The first kappa shape index (κ1) is 18.6. The number of benzene rings is 1. The van der Waals surface area contributed by atoms with Crippen LogP contribution in [0.2, 0.25) is 0 Å². The Morgan fingerprint density at radius 3 is 2.50 bits per heavy atom. The number of amides is 1. The van der Waals surface area contributed by atoms with Gasteiger partial charge >= 0.3 is 0 Å². The van der Waals surface area contributed by atoms with Gasteiger partial charge < -0.3 is 10.2 Å². The highest BCUT2D eigenvalue weighted by atomic mass is 16.1. The Hall–Kier alpha value is -2.23. The van der Waals surface area contributed by atoms with Crippen molar-refractivity contribution in [2.24, 2.45) is 10.2 Å². The van der Waals surface area contributed by atoms with Crippen molar-refractivity contribution >= 4 is 11.6 Å². The number of rotatable bonds is 8. The van der Waals surface area contributed by atoms with Crippen molar-refractivity contribution < 1.29 is 4.79 Å². The Balaban J connectivity index is 1.41. The third-order valence-electron chi connectivity index (χ3n) is 5.04. The molecule has 1 aromatic carbocycles. The summed E-state index contributed by atoms with van der Waals surface area (Å²) >= 11 is 0. The second kappa shape index (κ2) is 8.43. The molecule has 1 aromatic rings. The predicted octanol–water partition coefficient (Wildman–Crippen LogP) is 2.73. The lowest BCUT2D eigenvalue weighted by Gasteiger charge is -2.32. The Kier molecular flexibility index (Phi) is 6.02. The Morgan fingerprint density at radius 1 is 1.19 bits per heavy atom. The molecule has 6 heteroatoms. The van der Waals surface area contributed by atoms with E-state index < -0.39 is 5.66 Å². The molecule has 0 spiro atoms. The normalized spacial score (nSPS) is 19.1. The molecular formula is C20H27N5O. The van der Waals surface area contributed by atoms with Crippen LogP contribution in [0.5, 0.6) is 0 Å². The summed E-state index contributed by atoms with van der Waals surface area (Å²) in [6, 6.07) is 8.13. The molecule has 2 aliphatic heterocycles. The third-order valence-corrected chi connectivity index (χ3v) is 5.04. The Labute approximate surface area is 155 Å². The topological polar surface area (TPSA) is 60.3 Å². The van der Waals surface area contributed by atoms with Gasteiger partial charge in [-0.3, -0.25) is 9.69 Å². The van der Waals surface area contributed by atoms with Gasteiger partial charge in [0.25, 0.3) is 0 Å². The van der Waals surface area contributed by atoms with E-state index in [-0.39, 0.29) is 5.91 Å². The van der Waals surface area contributed by atoms with Crippen LogP contribution >= 0.6 is 0 Å². The summed E-state index contributed by atoms with van der Waals surface area (Å²) in [7, 11) is 2.16. The summed E-state index contributed by atoms with van der Waals surface area (Å²) in [5.74, 6) is 2.60. The van der Waals surface area contributed by atoms with Gasteiger partial charge in [-0.05, 0) is 24.7 Å². The summed E-state index contributed by atoms with van der Waals surface area (Å²) in [5.41, 5.74) is 1.71. The molecule has 0 atom stereocenters. The molecule has 0 bridgehead atoms. The third kappa shape index (κ3) is 5.38. The average molecular weight is 353 g/mol. The minimum atomic E-state index is -0.393. The fraction of sp³-hybridized carbons (Fsp3) is 0.550.